The van der Waals surface area contributed by atoms with Crippen molar-refractivity contribution in [3.63, 3.8) is 0 Å². The summed E-state index contributed by atoms with van der Waals surface area (Å²) in [6.07, 6.45) is 3.05. The summed E-state index contributed by atoms with van der Waals surface area (Å²) >= 11 is 6.33. The normalized spacial score (nSPS) is 11.0. The number of hydrogen-bond donors (Lipinski definition) is 0. The zero-order chi connectivity index (χ0) is 15.4. The van der Waals surface area contributed by atoms with Crippen LogP contribution in [0.1, 0.15) is 18.2 Å². The Balaban J connectivity index is 2.58. The molecule has 0 aliphatic carbocycles. The molecule has 2 aromatic rings. The molecule has 0 atom stereocenters. The Labute approximate surface area is 128 Å². The lowest BCUT2D eigenvalue weighted by Gasteiger charge is -2.10. The number of fused-ring (bicyclic) bond motifs is 1. The minimum absolute atomic E-state index is 0.341. The predicted octanol–water partition coefficient (Wildman–Crippen LogP) is 3.78. The standard InChI is InChI=1S/C16H16ClNO3/c1-4-21-14(19)8-6-11-5-7-13(20-3)16-15(11)12(17)9-10(2)18-16/h5-9H,4H2,1-3H3/b8-6+. The fourth-order valence-electron chi connectivity index (χ4n) is 2.07. The van der Waals surface area contributed by atoms with Gasteiger partial charge in [-0.3, -0.25) is 0 Å². The van der Waals surface area contributed by atoms with Crippen LogP contribution in [0.25, 0.3) is 17.0 Å². The molecule has 110 valence electrons. The summed E-state index contributed by atoms with van der Waals surface area (Å²) in [6.45, 7) is 3.97. The Hall–Kier alpha value is -2.07. The number of methoxy groups -OCH3 is 1. The Bertz CT molecular complexity index is 710. The third kappa shape index (κ3) is 3.34. The van der Waals surface area contributed by atoms with Crippen LogP contribution in [0.15, 0.2) is 24.3 Å². The van der Waals surface area contributed by atoms with Gasteiger partial charge in [0.05, 0.1) is 18.7 Å². The Morgan fingerprint density at radius 2 is 2.19 bits per heavy atom. The summed E-state index contributed by atoms with van der Waals surface area (Å²) in [4.78, 5) is 15.9. The topological polar surface area (TPSA) is 48.4 Å². The van der Waals surface area contributed by atoms with Crippen molar-refractivity contribution in [2.45, 2.75) is 13.8 Å². The van der Waals surface area contributed by atoms with Gasteiger partial charge in [-0.05, 0) is 37.6 Å². The van der Waals surface area contributed by atoms with Crippen LogP contribution in [0.4, 0.5) is 0 Å². The maximum Gasteiger partial charge on any atom is 0.330 e. The van der Waals surface area contributed by atoms with E-state index >= 15 is 0 Å². The smallest absolute Gasteiger partial charge is 0.330 e. The van der Waals surface area contributed by atoms with Gasteiger partial charge < -0.3 is 9.47 Å². The van der Waals surface area contributed by atoms with Crippen molar-refractivity contribution < 1.29 is 14.3 Å². The number of carbonyl (C=O) groups excluding carboxylic acids is 1. The van der Waals surface area contributed by atoms with Gasteiger partial charge in [0.25, 0.3) is 0 Å². The van der Waals surface area contributed by atoms with Gasteiger partial charge in [-0.1, -0.05) is 17.7 Å². The number of esters is 1. The molecule has 1 aromatic carbocycles. The average Bonchev–Trinajstić information content (AvgIpc) is 2.44. The molecule has 0 spiro atoms. The highest BCUT2D eigenvalue weighted by Crippen LogP contribution is 2.33. The van der Waals surface area contributed by atoms with Gasteiger partial charge in [-0.15, -0.1) is 0 Å². The van der Waals surface area contributed by atoms with E-state index in [4.69, 9.17) is 21.1 Å². The van der Waals surface area contributed by atoms with Crippen molar-refractivity contribution in [2.75, 3.05) is 13.7 Å². The molecule has 0 aliphatic rings. The molecule has 0 radical (unpaired) electrons. The molecule has 2 rings (SSSR count). The average molecular weight is 306 g/mol. The number of aromatic nitrogens is 1. The highest BCUT2D eigenvalue weighted by atomic mass is 35.5. The Morgan fingerprint density at radius 1 is 1.43 bits per heavy atom. The molecular weight excluding hydrogens is 290 g/mol. The summed E-state index contributed by atoms with van der Waals surface area (Å²) in [5, 5.41) is 1.32. The van der Waals surface area contributed by atoms with E-state index in [9.17, 15) is 4.79 Å². The fraction of sp³-hybridized carbons (Fsp3) is 0.250. The van der Waals surface area contributed by atoms with Crippen LogP contribution >= 0.6 is 11.6 Å². The fourth-order valence-corrected chi connectivity index (χ4v) is 2.42. The number of ether oxygens (including phenoxy) is 2. The summed E-state index contributed by atoms with van der Waals surface area (Å²) in [5.41, 5.74) is 2.27. The first kappa shape index (κ1) is 15.3. The van der Waals surface area contributed by atoms with Gasteiger partial charge in [-0.2, -0.15) is 0 Å². The maximum absolute atomic E-state index is 11.4. The summed E-state index contributed by atoms with van der Waals surface area (Å²) < 4.78 is 10.2. The van der Waals surface area contributed by atoms with E-state index in [1.165, 1.54) is 6.08 Å². The van der Waals surface area contributed by atoms with Crippen molar-refractivity contribution in [3.05, 3.63) is 40.6 Å². The van der Waals surface area contributed by atoms with E-state index in [2.05, 4.69) is 4.98 Å². The van der Waals surface area contributed by atoms with E-state index in [1.54, 1.807) is 32.2 Å². The Morgan fingerprint density at radius 3 is 2.86 bits per heavy atom. The molecule has 1 aromatic heterocycles. The molecule has 0 aliphatic heterocycles. The summed E-state index contributed by atoms with van der Waals surface area (Å²) in [5.74, 6) is 0.251. The lowest BCUT2D eigenvalue weighted by molar-refractivity contribution is -0.137. The molecule has 1 heterocycles. The van der Waals surface area contributed by atoms with Gasteiger partial charge in [0.15, 0.2) is 0 Å². The van der Waals surface area contributed by atoms with E-state index in [-0.39, 0.29) is 0 Å². The second kappa shape index (κ2) is 6.59. The summed E-state index contributed by atoms with van der Waals surface area (Å²) in [6, 6.07) is 5.42. The van der Waals surface area contributed by atoms with Crippen LogP contribution in [-0.2, 0) is 9.53 Å². The zero-order valence-electron chi connectivity index (χ0n) is 12.1. The second-order valence-corrected chi connectivity index (χ2v) is 4.82. The second-order valence-electron chi connectivity index (χ2n) is 4.41. The molecule has 4 nitrogen and oxygen atoms in total. The molecule has 5 heteroatoms. The third-order valence-corrected chi connectivity index (χ3v) is 3.24. The van der Waals surface area contributed by atoms with E-state index in [1.807, 2.05) is 13.0 Å². The van der Waals surface area contributed by atoms with Crippen molar-refractivity contribution in [3.8, 4) is 5.75 Å². The summed E-state index contributed by atoms with van der Waals surface area (Å²) in [7, 11) is 1.58. The van der Waals surface area contributed by atoms with Crippen LogP contribution in [0.3, 0.4) is 0 Å². The monoisotopic (exact) mass is 305 g/mol. The van der Waals surface area contributed by atoms with E-state index in [0.29, 0.717) is 22.9 Å². The molecule has 0 saturated heterocycles. The molecule has 0 unspecified atom stereocenters. The highest BCUT2D eigenvalue weighted by molar-refractivity contribution is 6.36. The Kier molecular flexibility index (Phi) is 4.81. The van der Waals surface area contributed by atoms with Crippen molar-refractivity contribution >= 4 is 34.5 Å². The van der Waals surface area contributed by atoms with Gasteiger partial charge in [0.1, 0.15) is 11.3 Å². The third-order valence-electron chi connectivity index (χ3n) is 2.94. The van der Waals surface area contributed by atoms with Gasteiger partial charge in [-0.25, -0.2) is 9.78 Å². The number of pyridine rings is 1. The van der Waals surface area contributed by atoms with Gasteiger partial charge >= 0.3 is 5.97 Å². The minimum Gasteiger partial charge on any atom is -0.494 e. The number of nitrogens with zero attached hydrogens (tertiary/aromatic N) is 1. The van der Waals surface area contributed by atoms with Gasteiger partial charge in [0.2, 0.25) is 0 Å². The molecular formula is C16H16ClNO3. The van der Waals surface area contributed by atoms with Crippen molar-refractivity contribution in [2.24, 2.45) is 0 Å². The largest absolute Gasteiger partial charge is 0.494 e. The van der Waals surface area contributed by atoms with Crippen LogP contribution in [-0.4, -0.2) is 24.7 Å². The number of carbonyl (C=O) groups is 1. The quantitative estimate of drug-likeness (QED) is 0.637. The molecule has 21 heavy (non-hydrogen) atoms. The minimum atomic E-state index is -0.391. The highest BCUT2D eigenvalue weighted by Gasteiger charge is 2.11. The number of halogens is 1. The van der Waals surface area contributed by atoms with Crippen LogP contribution in [0.5, 0.6) is 5.75 Å². The first-order valence-electron chi connectivity index (χ1n) is 6.55. The van der Waals surface area contributed by atoms with Crippen molar-refractivity contribution in [1.29, 1.82) is 0 Å². The number of hydrogen-bond acceptors (Lipinski definition) is 4. The lowest BCUT2D eigenvalue weighted by atomic mass is 10.1. The molecule has 0 bridgehead atoms. The zero-order valence-corrected chi connectivity index (χ0v) is 12.9. The molecule has 0 fully saturated rings. The SMILES string of the molecule is CCOC(=O)/C=C/c1ccc(OC)c2nc(C)cc(Cl)c12. The number of aryl methyl sites for hydroxylation is 1. The number of benzene rings is 1. The van der Waals surface area contributed by atoms with Crippen LogP contribution in [0.2, 0.25) is 5.02 Å². The van der Waals surface area contributed by atoms with Crippen molar-refractivity contribution in [1.82, 2.24) is 4.98 Å². The maximum atomic E-state index is 11.4. The molecule has 0 saturated carbocycles. The predicted molar refractivity (Wildman–Crippen MR) is 83.7 cm³/mol. The number of rotatable bonds is 4. The first-order valence-corrected chi connectivity index (χ1v) is 6.93. The first-order chi connectivity index (χ1) is 10.1. The molecule has 0 N–H and O–H groups in total. The van der Waals surface area contributed by atoms with E-state index < -0.39 is 5.97 Å². The molecule has 0 amide bonds. The van der Waals surface area contributed by atoms with Crippen LogP contribution in [0, 0.1) is 6.92 Å². The van der Waals surface area contributed by atoms with Crippen LogP contribution < -0.4 is 4.74 Å². The lowest BCUT2D eigenvalue weighted by Crippen LogP contribution is -1.99. The van der Waals surface area contributed by atoms with E-state index in [0.717, 1.165) is 16.6 Å². The van der Waals surface area contributed by atoms with Gasteiger partial charge in [0, 0.05) is 17.2 Å².